The predicted molar refractivity (Wildman–Crippen MR) is 81.6 cm³/mol. The Balaban J connectivity index is 2.15. The second kappa shape index (κ2) is 5.02. The van der Waals surface area contributed by atoms with Gasteiger partial charge < -0.3 is 0 Å². The lowest BCUT2D eigenvalue weighted by Crippen LogP contribution is -1.87. The highest BCUT2D eigenvalue weighted by atomic mass is 35.5. The van der Waals surface area contributed by atoms with Crippen molar-refractivity contribution in [1.82, 2.24) is 4.98 Å². The maximum absolute atomic E-state index is 6.30. The maximum Gasteiger partial charge on any atom is 0.137 e. The fraction of sp³-hybridized carbons (Fsp3) is 0.118. The molecule has 2 heteroatoms. The van der Waals surface area contributed by atoms with Crippen LogP contribution in [-0.2, 0) is 6.42 Å². The van der Waals surface area contributed by atoms with Crippen molar-refractivity contribution in [2.45, 2.75) is 13.3 Å². The predicted octanol–water partition coefficient (Wildman–Crippen LogP) is 5.12. The molecule has 0 fully saturated rings. The first-order valence-electron chi connectivity index (χ1n) is 6.42. The molecule has 1 nitrogen and oxygen atoms in total. The summed E-state index contributed by atoms with van der Waals surface area (Å²) in [5.74, 6) is 0. The minimum Gasteiger partial charge on any atom is -0.235 e. The lowest BCUT2D eigenvalue weighted by atomic mass is 10.0. The standard InChI is InChI=1S/C17H14ClN/c1-2-12-7-9-13(10-8-12)15-11-14-5-3-4-6-16(14)19-17(15)18/h3-11H,2H2,1H3. The fourth-order valence-corrected chi connectivity index (χ4v) is 2.47. The Bertz CT molecular complexity index is 717. The van der Waals surface area contributed by atoms with Gasteiger partial charge in [0.15, 0.2) is 0 Å². The van der Waals surface area contributed by atoms with E-state index in [0.29, 0.717) is 5.15 Å². The SMILES string of the molecule is CCc1ccc(-c2cc3ccccc3nc2Cl)cc1. The van der Waals surface area contributed by atoms with Gasteiger partial charge in [-0.15, -0.1) is 0 Å². The van der Waals surface area contributed by atoms with Gasteiger partial charge >= 0.3 is 0 Å². The second-order valence-electron chi connectivity index (χ2n) is 4.57. The van der Waals surface area contributed by atoms with E-state index < -0.39 is 0 Å². The van der Waals surface area contributed by atoms with Crippen LogP contribution in [0.4, 0.5) is 0 Å². The van der Waals surface area contributed by atoms with E-state index in [4.69, 9.17) is 11.6 Å². The number of aromatic nitrogens is 1. The number of hydrogen-bond acceptors (Lipinski definition) is 1. The van der Waals surface area contributed by atoms with Crippen molar-refractivity contribution in [3.8, 4) is 11.1 Å². The van der Waals surface area contributed by atoms with E-state index in [1.165, 1.54) is 5.56 Å². The minimum absolute atomic E-state index is 0.558. The van der Waals surface area contributed by atoms with E-state index >= 15 is 0 Å². The van der Waals surface area contributed by atoms with Crippen molar-refractivity contribution >= 4 is 22.5 Å². The van der Waals surface area contributed by atoms with Crippen LogP contribution in [0.15, 0.2) is 54.6 Å². The Morgan fingerprint density at radius 1 is 1.00 bits per heavy atom. The summed E-state index contributed by atoms with van der Waals surface area (Å²) in [5, 5.41) is 1.67. The van der Waals surface area contributed by atoms with E-state index in [1.54, 1.807) is 0 Å². The van der Waals surface area contributed by atoms with Crippen LogP contribution in [0.3, 0.4) is 0 Å². The molecule has 0 N–H and O–H groups in total. The van der Waals surface area contributed by atoms with Crippen LogP contribution in [0, 0.1) is 0 Å². The van der Waals surface area contributed by atoms with Crippen molar-refractivity contribution in [3.63, 3.8) is 0 Å². The zero-order chi connectivity index (χ0) is 13.2. The molecule has 19 heavy (non-hydrogen) atoms. The molecule has 0 saturated carbocycles. The van der Waals surface area contributed by atoms with Crippen LogP contribution >= 0.6 is 11.6 Å². The number of halogens is 1. The molecule has 2 aromatic carbocycles. The number of fused-ring (bicyclic) bond motifs is 1. The zero-order valence-electron chi connectivity index (χ0n) is 10.7. The Morgan fingerprint density at radius 2 is 1.74 bits per heavy atom. The molecule has 94 valence electrons. The Morgan fingerprint density at radius 3 is 2.47 bits per heavy atom. The van der Waals surface area contributed by atoms with Crippen LogP contribution in [0.2, 0.25) is 5.15 Å². The van der Waals surface area contributed by atoms with Crippen LogP contribution in [0.1, 0.15) is 12.5 Å². The highest BCUT2D eigenvalue weighted by Gasteiger charge is 2.07. The van der Waals surface area contributed by atoms with Gasteiger partial charge in [0.1, 0.15) is 5.15 Å². The number of rotatable bonds is 2. The number of pyridine rings is 1. The van der Waals surface area contributed by atoms with Gasteiger partial charge in [-0.2, -0.15) is 0 Å². The number of hydrogen-bond donors (Lipinski definition) is 0. The monoisotopic (exact) mass is 267 g/mol. The first-order valence-corrected chi connectivity index (χ1v) is 6.80. The molecule has 0 unspecified atom stereocenters. The summed E-state index contributed by atoms with van der Waals surface area (Å²) >= 11 is 6.30. The van der Waals surface area contributed by atoms with Crippen LogP contribution in [-0.4, -0.2) is 4.98 Å². The highest BCUT2D eigenvalue weighted by Crippen LogP contribution is 2.29. The van der Waals surface area contributed by atoms with Crippen molar-refractivity contribution < 1.29 is 0 Å². The normalized spacial score (nSPS) is 10.8. The zero-order valence-corrected chi connectivity index (χ0v) is 11.5. The van der Waals surface area contributed by atoms with Crippen LogP contribution in [0.25, 0.3) is 22.0 Å². The van der Waals surface area contributed by atoms with Gasteiger partial charge in [0, 0.05) is 10.9 Å². The van der Waals surface area contributed by atoms with Crippen LogP contribution < -0.4 is 0 Å². The third-order valence-electron chi connectivity index (χ3n) is 3.35. The quantitative estimate of drug-likeness (QED) is 0.588. The Hall–Kier alpha value is -1.86. The largest absolute Gasteiger partial charge is 0.235 e. The third kappa shape index (κ3) is 2.34. The molecule has 1 aromatic heterocycles. The number of para-hydroxylation sites is 1. The first-order chi connectivity index (χ1) is 9.28. The molecule has 0 atom stereocenters. The molecule has 0 aliphatic heterocycles. The smallest absolute Gasteiger partial charge is 0.137 e. The summed E-state index contributed by atoms with van der Waals surface area (Å²) in [5.41, 5.74) is 4.36. The summed E-state index contributed by atoms with van der Waals surface area (Å²) in [4.78, 5) is 4.46. The topological polar surface area (TPSA) is 12.9 Å². The third-order valence-corrected chi connectivity index (χ3v) is 3.64. The molecule has 3 aromatic rings. The van der Waals surface area contributed by atoms with Crippen molar-refractivity contribution in [2.24, 2.45) is 0 Å². The molecule has 0 aliphatic rings. The Kier molecular flexibility index (Phi) is 3.22. The molecule has 0 spiro atoms. The van der Waals surface area contributed by atoms with E-state index in [0.717, 1.165) is 28.5 Å². The molecular weight excluding hydrogens is 254 g/mol. The number of benzene rings is 2. The van der Waals surface area contributed by atoms with E-state index in [-0.39, 0.29) is 0 Å². The van der Waals surface area contributed by atoms with Crippen LogP contribution in [0.5, 0.6) is 0 Å². The molecule has 0 aliphatic carbocycles. The molecule has 3 rings (SSSR count). The van der Waals surface area contributed by atoms with Gasteiger partial charge in [0.25, 0.3) is 0 Å². The van der Waals surface area contributed by atoms with Gasteiger partial charge in [0.05, 0.1) is 5.52 Å². The van der Waals surface area contributed by atoms with Gasteiger partial charge in [-0.05, 0) is 29.7 Å². The maximum atomic E-state index is 6.30. The summed E-state index contributed by atoms with van der Waals surface area (Å²) in [6.07, 6.45) is 1.05. The molecular formula is C17H14ClN. The summed E-state index contributed by atoms with van der Waals surface area (Å²) in [6.45, 7) is 2.15. The van der Waals surface area contributed by atoms with E-state index in [9.17, 15) is 0 Å². The van der Waals surface area contributed by atoms with Gasteiger partial charge in [0.2, 0.25) is 0 Å². The molecule has 0 radical (unpaired) electrons. The summed E-state index contributed by atoms with van der Waals surface area (Å²) in [7, 11) is 0. The highest BCUT2D eigenvalue weighted by molar-refractivity contribution is 6.32. The van der Waals surface area contributed by atoms with Crippen molar-refractivity contribution in [2.75, 3.05) is 0 Å². The Labute approximate surface area is 117 Å². The average molecular weight is 268 g/mol. The van der Waals surface area contributed by atoms with Gasteiger partial charge in [-0.25, -0.2) is 4.98 Å². The average Bonchev–Trinajstić information content (AvgIpc) is 2.47. The lowest BCUT2D eigenvalue weighted by Gasteiger charge is -2.07. The summed E-state index contributed by atoms with van der Waals surface area (Å²) < 4.78 is 0. The van der Waals surface area contributed by atoms with Gasteiger partial charge in [-0.3, -0.25) is 0 Å². The van der Waals surface area contributed by atoms with Crippen molar-refractivity contribution in [1.29, 1.82) is 0 Å². The van der Waals surface area contributed by atoms with E-state index in [2.05, 4.69) is 48.3 Å². The fourth-order valence-electron chi connectivity index (χ4n) is 2.21. The van der Waals surface area contributed by atoms with Crippen molar-refractivity contribution in [3.05, 3.63) is 65.3 Å². The van der Waals surface area contributed by atoms with E-state index in [1.807, 2.05) is 18.2 Å². The second-order valence-corrected chi connectivity index (χ2v) is 4.93. The number of nitrogens with zero attached hydrogens (tertiary/aromatic N) is 1. The summed E-state index contributed by atoms with van der Waals surface area (Å²) in [6, 6.07) is 18.6. The molecule has 0 saturated heterocycles. The molecule has 1 heterocycles. The minimum atomic E-state index is 0.558. The first kappa shape index (κ1) is 12.2. The molecule has 0 bridgehead atoms. The number of aryl methyl sites for hydroxylation is 1. The van der Waals surface area contributed by atoms with Gasteiger partial charge in [-0.1, -0.05) is 61.0 Å². The molecule has 0 amide bonds. The lowest BCUT2D eigenvalue weighted by molar-refractivity contribution is 1.14.